The number of benzene rings is 2. The lowest BCUT2D eigenvalue weighted by Crippen LogP contribution is -2.43. The molecule has 0 N–H and O–H groups in total. The Morgan fingerprint density at radius 2 is 1.85 bits per heavy atom. The van der Waals surface area contributed by atoms with Gasteiger partial charge in [0.25, 0.3) is 11.8 Å². The molecule has 1 fully saturated rings. The van der Waals surface area contributed by atoms with Gasteiger partial charge in [0.1, 0.15) is 0 Å². The van der Waals surface area contributed by atoms with Gasteiger partial charge in [-0.15, -0.1) is 0 Å². The minimum absolute atomic E-state index is 0.0726. The van der Waals surface area contributed by atoms with Crippen molar-refractivity contribution in [2.24, 2.45) is 5.10 Å². The molecule has 8 heteroatoms. The normalized spacial score (nSPS) is 17.3. The van der Waals surface area contributed by atoms with E-state index in [9.17, 15) is 9.59 Å². The largest absolute Gasteiger partial charge is 0.490 e. The summed E-state index contributed by atoms with van der Waals surface area (Å²) in [4.78, 5) is 27.1. The zero-order valence-electron chi connectivity index (χ0n) is 18.8. The third-order valence-electron chi connectivity index (χ3n) is 5.36. The van der Waals surface area contributed by atoms with Crippen molar-refractivity contribution in [3.8, 4) is 11.5 Å². The Balaban J connectivity index is 1.50. The summed E-state index contributed by atoms with van der Waals surface area (Å²) in [5, 5.41) is 5.81. The molecule has 0 aliphatic carbocycles. The van der Waals surface area contributed by atoms with Crippen LogP contribution in [0.4, 0.5) is 5.69 Å². The Kier molecular flexibility index (Phi) is 7.04. The quantitative estimate of drug-likeness (QED) is 0.607. The van der Waals surface area contributed by atoms with E-state index in [4.69, 9.17) is 14.2 Å². The van der Waals surface area contributed by atoms with E-state index >= 15 is 0 Å². The third kappa shape index (κ3) is 5.23. The second kappa shape index (κ2) is 10.3. The SMILES string of the molecule is CCOc1cc(C=C2C(=O)N(c3ccccc3)N=C2C)ccc1OCC(=O)N1CCOCC1. The molecule has 2 heterocycles. The fourth-order valence-corrected chi connectivity index (χ4v) is 3.64. The van der Waals surface area contributed by atoms with Crippen LogP contribution in [0.1, 0.15) is 19.4 Å². The van der Waals surface area contributed by atoms with Gasteiger partial charge in [-0.05, 0) is 49.8 Å². The molecule has 2 aromatic carbocycles. The van der Waals surface area contributed by atoms with Crippen molar-refractivity contribution < 1.29 is 23.8 Å². The maximum atomic E-state index is 13.0. The van der Waals surface area contributed by atoms with Gasteiger partial charge in [-0.1, -0.05) is 24.3 Å². The number of para-hydroxylation sites is 1. The first-order valence-electron chi connectivity index (χ1n) is 11.0. The highest BCUT2D eigenvalue weighted by atomic mass is 16.5. The van der Waals surface area contributed by atoms with Crippen LogP contribution in [-0.4, -0.2) is 61.9 Å². The molecule has 0 spiro atoms. The van der Waals surface area contributed by atoms with Gasteiger partial charge in [0.05, 0.1) is 36.8 Å². The molecule has 2 aromatic rings. The molecular formula is C25H27N3O5. The van der Waals surface area contributed by atoms with Gasteiger partial charge in [0.2, 0.25) is 0 Å². The molecule has 2 aliphatic heterocycles. The van der Waals surface area contributed by atoms with Crippen LogP contribution in [0.5, 0.6) is 11.5 Å². The molecule has 172 valence electrons. The van der Waals surface area contributed by atoms with Crippen LogP contribution in [0.25, 0.3) is 6.08 Å². The minimum Gasteiger partial charge on any atom is -0.490 e. The maximum absolute atomic E-state index is 13.0. The van der Waals surface area contributed by atoms with Crippen molar-refractivity contribution >= 4 is 29.3 Å². The van der Waals surface area contributed by atoms with Crippen LogP contribution >= 0.6 is 0 Å². The summed E-state index contributed by atoms with van der Waals surface area (Å²) < 4.78 is 16.8. The molecule has 2 aliphatic rings. The number of anilines is 1. The van der Waals surface area contributed by atoms with E-state index in [0.717, 1.165) is 5.56 Å². The standard InChI is InChI=1S/C25H27N3O5/c1-3-32-23-16-19(9-10-22(23)33-17-24(29)27-11-13-31-14-12-27)15-21-18(2)26-28(25(21)30)20-7-5-4-6-8-20/h4-10,15-16H,3,11-14,17H2,1-2H3. The molecule has 1 saturated heterocycles. The number of ether oxygens (including phenoxy) is 3. The van der Waals surface area contributed by atoms with E-state index in [-0.39, 0.29) is 18.4 Å². The number of morpholine rings is 1. The van der Waals surface area contributed by atoms with Gasteiger partial charge in [0, 0.05) is 13.1 Å². The van der Waals surface area contributed by atoms with Crippen molar-refractivity contribution in [1.29, 1.82) is 0 Å². The van der Waals surface area contributed by atoms with Crippen LogP contribution in [0.3, 0.4) is 0 Å². The average molecular weight is 450 g/mol. The van der Waals surface area contributed by atoms with Crippen LogP contribution in [0.2, 0.25) is 0 Å². The fourth-order valence-electron chi connectivity index (χ4n) is 3.64. The van der Waals surface area contributed by atoms with E-state index in [1.807, 2.05) is 50.2 Å². The zero-order chi connectivity index (χ0) is 23.2. The summed E-state index contributed by atoms with van der Waals surface area (Å²) in [6.45, 7) is 6.29. The first-order valence-corrected chi connectivity index (χ1v) is 11.0. The lowest BCUT2D eigenvalue weighted by molar-refractivity contribution is -0.137. The number of rotatable bonds is 7. The highest BCUT2D eigenvalue weighted by Crippen LogP contribution is 2.31. The Labute approximate surface area is 193 Å². The predicted octanol–water partition coefficient (Wildman–Crippen LogP) is 3.13. The number of hydrogen-bond acceptors (Lipinski definition) is 6. The number of hydrogen-bond donors (Lipinski definition) is 0. The number of hydrazone groups is 1. The number of nitrogens with zero attached hydrogens (tertiary/aromatic N) is 3. The molecule has 0 radical (unpaired) electrons. The van der Waals surface area contributed by atoms with Crippen molar-refractivity contribution in [2.45, 2.75) is 13.8 Å². The Morgan fingerprint density at radius 3 is 2.58 bits per heavy atom. The Hall–Kier alpha value is -3.65. The first kappa shape index (κ1) is 22.5. The van der Waals surface area contributed by atoms with E-state index in [1.54, 1.807) is 23.1 Å². The van der Waals surface area contributed by atoms with Crippen LogP contribution in [0.15, 0.2) is 59.2 Å². The second-order valence-corrected chi connectivity index (χ2v) is 7.62. The average Bonchev–Trinajstić information content (AvgIpc) is 3.13. The molecule has 2 amide bonds. The first-order chi connectivity index (χ1) is 16.1. The third-order valence-corrected chi connectivity index (χ3v) is 5.36. The summed E-state index contributed by atoms with van der Waals surface area (Å²) in [7, 11) is 0. The molecular weight excluding hydrogens is 422 g/mol. The van der Waals surface area contributed by atoms with Crippen LogP contribution in [-0.2, 0) is 14.3 Å². The smallest absolute Gasteiger partial charge is 0.280 e. The Bertz CT molecular complexity index is 1070. The molecule has 0 atom stereocenters. The van der Waals surface area contributed by atoms with Crippen LogP contribution < -0.4 is 14.5 Å². The molecule has 0 aromatic heterocycles. The molecule has 0 saturated carbocycles. The molecule has 0 unspecified atom stereocenters. The van der Waals surface area contributed by atoms with Gasteiger partial charge >= 0.3 is 0 Å². The maximum Gasteiger partial charge on any atom is 0.280 e. The lowest BCUT2D eigenvalue weighted by Gasteiger charge is -2.26. The van der Waals surface area contributed by atoms with E-state index in [0.29, 0.717) is 61.4 Å². The van der Waals surface area contributed by atoms with E-state index < -0.39 is 0 Å². The van der Waals surface area contributed by atoms with Gasteiger partial charge in [-0.3, -0.25) is 9.59 Å². The monoisotopic (exact) mass is 449 g/mol. The summed E-state index contributed by atoms with van der Waals surface area (Å²) >= 11 is 0. The van der Waals surface area contributed by atoms with Crippen molar-refractivity contribution in [3.63, 3.8) is 0 Å². The predicted molar refractivity (Wildman–Crippen MR) is 126 cm³/mol. The van der Waals surface area contributed by atoms with Crippen molar-refractivity contribution in [3.05, 3.63) is 59.7 Å². The number of carbonyl (C=O) groups excluding carboxylic acids is 2. The van der Waals surface area contributed by atoms with Gasteiger partial charge < -0.3 is 19.1 Å². The molecule has 8 nitrogen and oxygen atoms in total. The second-order valence-electron chi connectivity index (χ2n) is 7.62. The van der Waals surface area contributed by atoms with E-state index in [1.165, 1.54) is 5.01 Å². The topological polar surface area (TPSA) is 80.7 Å². The summed E-state index contributed by atoms with van der Waals surface area (Å²) in [6, 6.07) is 14.7. The highest BCUT2D eigenvalue weighted by molar-refractivity contribution is 6.32. The summed E-state index contributed by atoms with van der Waals surface area (Å²) in [6.07, 6.45) is 1.79. The summed E-state index contributed by atoms with van der Waals surface area (Å²) in [5.41, 5.74) is 2.64. The fraction of sp³-hybridized carbons (Fsp3) is 0.320. The van der Waals surface area contributed by atoms with Gasteiger partial charge in [-0.2, -0.15) is 10.1 Å². The van der Waals surface area contributed by atoms with Crippen LogP contribution in [0, 0.1) is 0 Å². The lowest BCUT2D eigenvalue weighted by atomic mass is 10.1. The molecule has 0 bridgehead atoms. The Morgan fingerprint density at radius 1 is 1.09 bits per heavy atom. The summed E-state index contributed by atoms with van der Waals surface area (Å²) in [5.74, 6) is 0.723. The molecule has 33 heavy (non-hydrogen) atoms. The zero-order valence-corrected chi connectivity index (χ0v) is 18.8. The highest BCUT2D eigenvalue weighted by Gasteiger charge is 2.28. The molecule has 4 rings (SSSR count). The van der Waals surface area contributed by atoms with E-state index in [2.05, 4.69) is 5.10 Å². The number of amides is 2. The number of carbonyl (C=O) groups is 2. The minimum atomic E-state index is -0.187. The van der Waals surface area contributed by atoms with Crippen molar-refractivity contribution in [1.82, 2.24) is 4.90 Å². The van der Waals surface area contributed by atoms with Gasteiger partial charge in [-0.25, -0.2) is 0 Å². The van der Waals surface area contributed by atoms with Crippen molar-refractivity contribution in [2.75, 3.05) is 44.5 Å². The van der Waals surface area contributed by atoms with Gasteiger partial charge in [0.15, 0.2) is 18.1 Å².